The number of aliphatic imine (C=N–C) groups is 1. The highest BCUT2D eigenvalue weighted by atomic mass is 19.4. The Labute approximate surface area is 98.8 Å². The molecule has 1 atom stereocenters. The first kappa shape index (κ1) is 12.3. The quantitative estimate of drug-likeness (QED) is 0.726. The van der Waals surface area contributed by atoms with Crippen molar-refractivity contribution in [1.82, 2.24) is 0 Å². The molecular weight excluding hydrogens is 251 g/mol. The number of ketones is 1. The van der Waals surface area contributed by atoms with Gasteiger partial charge in [0.25, 0.3) is 0 Å². The zero-order valence-electron chi connectivity index (χ0n) is 8.73. The smallest absolute Gasteiger partial charge is 0.398 e. The molecule has 2 rings (SSSR count). The second-order valence-corrected chi connectivity index (χ2v) is 3.70. The number of alkyl halides is 3. The Bertz CT molecular complexity index is 552. The van der Waals surface area contributed by atoms with Crippen LogP contribution in [-0.4, -0.2) is 28.7 Å². The van der Waals surface area contributed by atoms with E-state index >= 15 is 0 Å². The van der Waals surface area contributed by atoms with E-state index in [1.807, 2.05) is 0 Å². The van der Waals surface area contributed by atoms with Crippen LogP contribution < -0.4 is 0 Å². The van der Waals surface area contributed by atoms with Gasteiger partial charge in [0.05, 0.1) is 11.6 Å². The van der Waals surface area contributed by atoms with Crippen molar-refractivity contribution in [3.8, 4) is 0 Å². The van der Waals surface area contributed by atoms with Crippen molar-refractivity contribution in [1.29, 1.82) is 0 Å². The lowest BCUT2D eigenvalue weighted by Crippen LogP contribution is -2.28. The zero-order valence-corrected chi connectivity index (χ0v) is 8.73. The third kappa shape index (κ3) is 1.99. The van der Waals surface area contributed by atoms with Gasteiger partial charge in [-0.25, -0.2) is 4.79 Å². The van der Waals surface area contributed by atoms with Crippen LogP contribution in [0.2, 0.25) is 0 Å². The third-order valence-electron chi connectivity index (χ3n) is 2.51. The summed E-state index contributed by atoms with van der Waals surface area (Å²) >= 11 is 0. The molecule has 0 aromatic rings. The minimum absolute atomic E-state index is 0.0468. The van der Waals surface area contributed by atoms with Crippen molar-refractivity contribution in [2.75, 3.05) is 0 Å². The van der Waals surface area contributed by atoms with Gasteiger partial charge >= 0.3 is 12.1 Å². The number of aliphatic carboxylic acids is 1. The fourth-order valence-corrected chi connectivity index (χ4v) is 1.60. The molecule has 18 heavy (non-hydrogen) atoms. The number of carbonyl (C=O) groups excluding carboxylic acids is 1. The fraction of sp³-hybridized carbons (Fsp3) is 0.182. The van der Waals surface area contributed by atoms with Gasteiger partial charge in [0.1, 0.15) is 5.57 Å². The Hall–Kier alpha value is -2.18. The lowest BCUT2D eigenvalue weighted by Gasteiger charge is -2.20. The monoisotopic (exact) mass is 257 g/mol. The molecule has 1 unspecified atom stereocenters. The SMILES string of the molecule is O=C(O)C1=CN=C2C=CC(C(F)(F)F)C=C2C1=O. The van der Waals surface area contributed by atoms with Gasteiger partial charge in [-0.1, -0.05) is 12.2 Å². The molecule has 4 nitrogen and oxygen atoms in total. The van der Waals surface area contributed by atoms with Crippen molar-refractivity contribution in [2.24, 2.45) is 10.9 Å². The number of carbonyl (C=O) groups is 2. The fourth-order valence-electron chi connectivity index (χ4n) is 1.60. The van der Waals surface area contributed by atoms with Crippen LogP contribution in [0.15, 0.2) is 40.6 Å². The van der Waals surface area contributed by atoms with Crippen LogP contribution in [0, 0.1) is 5.92 Å². The number of fused-ring (bicyclic) bond motifs is 1. The van der Waals surface area contributed by atoms with Crippen molar-refractivity contribution in [2.45, 2.75) is 6.18 Å². The molecule has 1 aliphatic carbocycles. The molecule has 2 aliphatic rings. The number of hydrogen-bond acceptors (Lipinski definition) is 3. The predicted octanol–water partition coefficient (Wildman–Crippen LogP) is 1.65. The summed E-state index contributed by atoms with van der Waals surface area (Å²) < 4.78 is 37.5. The Balaban J connectivity index is 2.43. The molecule has 7 heteroatoms. The molecular formula is C11H6F3NO3. The van der Waals surface area contributed by atoms with E-state index in [-0.39, 0.29) is 11.3 Å². The number of carboxylic acids is 1. The number of allylic oxidation sites excluding steroid dienone is 4. The highest BCUT2D eigenvalue weighted by molar-refractivity contribution is 6.38. The average molecular weight is 257 g/mol. The van der Waals surface area contributed by atoms with Crippen LogP contribution in [0.3, 0.4) is 0 Å². The van der Waals surface area contributed by atoms with E-state index in [4.69, 9.17) is 5.11 Å². The molecule has 0 bridgehead atoms. The Kier molecular flexibility index (Phi) is 2.68. The molecule has 0 spiro atoms. The van der Waals surface area contributed by atoms with E-state index in [2.05, 4.69) is 4.99 Å². The molecule has 0 radical (unpaired) electrons. The molecule has 0 fully saturated rings. The van der Waals surface area contributed by atoms with Crippen molar-refractivity contribution in [3.05, 3.63) is 35.6 Å². The van der Waals surface area contributed by atoms with Crippen LogP contribution in [0.1, 0.15) is 0 Å². The summed E-state index contributed by atoms with van der Waals surface area (Å²) in [5.41, 5.74) is -0.911. The number of carboxylic acid groups (broad SMARTS) is 1. The first-order chi connectivity index (χ1) is 8.30. The zero-order chi connectivity index (χ0) is 13.5. The van der Waals surface area contributed by atoms with Gasteiger partial charge in [-0.2, -0.15) is 13.2 Å². The highest BCUT2D eigenvalue weighted by Crippen LogP contribution is 2.33. The summed E-state index contributed by atoms with van der Waals surface area (Å²) in [7, 11) is 0. The topological polar surface area (TPSA) is 66.7 Å². The lowest BCUT2D eigenvalue weighted by molar-refractivity contribution is -0.149. The minimum Gasteiger partial charge on any atom is -0.477 e. The number of nitrogens with zero attached hydrogens (tertiary/aromatic N) is 1. The number of halogens is 3. The maximum Gasteiger partial charge on any atom is 0.398 e. The summed E-state index contributed by atoms with van der Waals surface area (Å²) in [4.78, 5) is 26.0. The van der Waals surface area contributed by atoms with Crippen LogP contribution in [0.4, 0.5) is 13.2 Å². The summed E-state index contributed by atoms with van der Waals surface area (Å²) in [6.07, 6.45) is -1.04. The molecule has 0 aromatic heterocycles. The molecule has 1 aliphatic heterocycles. The van der Waals surface area contributed by atoms with Gasteiger partial charge in [-0.05, 0) is 6.08 Å². The second-order valence-electron chi connectivity index (χ2n) is 3.70. The van der Waals surface area contributed by atoms with Crippen molar-refractivity contribution >= 4 is 17.5 Å². The van der Waals surface area contributed by atoms with Crippen LogP contribution in [0.25, 0.3) is 0 Å². The normalized spacial score (nSPS) is 22.9. The van der Waals surface area contributed by atoms with Crippen LogP contribution in [-0.2, 0) is 9.59 Å². The van der Waals surface area contributed by atoms with Gasteiger partial charge < -0.3 is 5.11 Å². The number of rotatable bonds is 1. The van der Waals surface area contributed by atoms with Gasteiger partial charge in [0.2, 0.25) is 5.78 Å². The van der Waals surface area contributed by atoms with E-state index in [1.165, 1.54) is 0 Å². The first-order valence-electron chi connectivity index (χ1n) is 4.84. The summed E-state index contributed by atoms with van der Waals surface area (Å²) in [6.45, 7) is 0. The van der Waals surface area contributed by atoms with Gasteiger partial charge in [0, 0.05) is 11.8 Å². The van der Waals surface area contributed by atoms with E-state index in [1.54, 1.807) is 0 Å². The first-order valence-corrected chi connectivity index (χ1v) is 4.84. The number of hydrogen-bond donors (Lipinski definition) is 1. The van der Waals surface area contributed by atoms with E-state index < -0.39 is 29.4 Å². The summed E-state index contributed by atoms with van der Waals surface area (Å²) in [5, 5.41) is 8.70. The van der Waals surface area contributed by atoms with E-state index in [0.717, 1.165) is 18.4 Å². The van der Waals surface area contributed by atoms with Gasteiger partial charge in [-0.3, -0.25) is 9.79 Å². The molecule has 1 heterocycles. The summed E-state index contributed by atoms with van der Waals surface area (Å²) in [5.74, 6) is -4.36. The number of Topliss-reactive ketones (excluding diaryl/α,β-unsaturated/α-hetero) is 1. The van der Waals surface area contributed by atoms with Gasteiger partial charge in [0.15, 0.2) is 0 Å². The van der Waals surface area contributed by atoms with Crippen molar-refractivity contribution in [3.63, 3.8) is 0 Å². The maximum absolute atomic E-state index is 12.5. The van der Waals surface area contributed by atoms with E-state index in [0.29, 0.717) is 6.08 Å². The van der Waals surface area contributed by atoms with Crippen LogP contribution in [0.5, 0.6) is 0 Å². The predicted molar refractivity (Wildman–Crippen MR) is 54.9 cm³/mol. The summed E-state index contributed by atoms with van der Waals surface area (Å²) in [6, 6.07) is 0. The van der Waals surface area contributed by atoms with Crippen LogP contribution >= 0.6 is 0 Å². The Morgan fingerprint density at radius 1 is 1.39 bits per heavy atom. The molecule has 0 aromatic carbocycles. The molecule has 1 N–H and O–H groups in total. The largest absolute Gasteiger partial charge is 0.477 e. The molecule has 0 saturated heterocycles. The van der Waals surface area contributed by atoms with Crippen molar-refractivity contribution < 1.29 is 27.9 Å². The lowest BCUT2D eigenvalue weighted by atomic mass is 9.89. The minimum atomic E-state index is -4.51. The van der Waals surface area contributed by atoms with Gasteiger partial charge in [-0.15, -0.1) is 0 Å². The molecule has 94 valence electrons. The highest BCUT2D eigenvalue weighted by Gasteiger charge is 2.40. The third-order valence-corrected chi connectivity index (χ3v) is 2.51. The second kappa shape index (κ2) is 3.94. The standard InChI is InChI=1S/C11H6F3NO3/c12-11(13,14)5-1-2-8-6(3-5)9(16)7(4-15-8)10(17)18/h1-5H,(H,17,18). The Morgan fingerprint density at radius 2 is 2.06 bits per heavy atom. The molecule has 0 saturated carbocycles. The Morgan fingerprint density at radius 3 is 2.61 bits per heavy atom. The maximum atomic E-state index is 12.5. The molecule has 0 amide bonds. The average Bonchev–Trinajstić information content (AvgIpc) is 2.27. The van der Waals surface area contributed by atoms with E-state index in [9.17, 15) is 22.8 Å².